The largest absolute Gasteiger partial charge is 0.324 e. The fourth-order valence-electron chi connectivity index (χ4n) is 2.10. The van der Waals surface area contributed by atoms with Crippen LogP contribution in [0.15, 0.2) is 36.7 Å². The summed E-state index contributed by atoms with van der Waals surface area (Å²) in [6, 6.07) is 6.98. The molecular formula is C15H20N4O3S. The fourth-order valence-corrected chi connectivity index (χ4v) is 2.67. The Morgan fingerprint density at radius 3 is 2.74 bits per heavy atom. The summed E-state index contributed by atoms with van der Waals surface area (Å²) >= 11 is 0. The van der Waals surface area contributed by atoms with E-state index in [-0.39, 0.29) is 5.91 Å². The molecule has 2 aromatic rings. The number of sulfonamides is 1. The van der Waals surface area contributed by atoms with Crippen LogP contribution in [0.3, 0.4) is 0 Å². The van der Waals surface area contributed by atoms with Gasteiger partial charge in [-0.1, -0.05) is 6.07 Å². The van der Waals surface area contributed by atoms with Crippen LogP contribution in [0.4, 0.5) is 11.4 Å². The highest BCUT2D eigenvalue weighted by Gasteiger charge is 2.10. The van der Waals surface area contributed by atoms with Crippen LogP contribution in [0.5, 0.6) is 0 Å². The van der Waals surface area contributed by atoms with E-state index in [2.05, 4.69) is 15.1 Å². The van der Waals surface area contributed by atoms with Crippen LogP contribution in [-0.2, 0) is 21.4 Å². The summed E-state index contributed by atoms with van der Waals surface area (Å²) in [6.07, 6.45) is 5.57. The molecule has 2 N–H and O–H groups in total. The van der Waals surface area contributed by atoms with Crippen LogP contribution in [0, 0.1) is 6.92 Å². The van der Waals surface area contributed by atoms with Crippen molar-refractivity contribution in [3.63, 3.8) is 0 Å². The third-order valence-corrected chi connectivity index (χ3v) is 3.69. The molecule has 0 fully saturated rings. The van der Waals surface area contributed by atoms with E-state index in [1.54, 1.807) is 29.1 Å². The molecule has 0 aliphatic carbocycles. The van der Waals surface area contributed by atoms with E-state index in [9.17, 15) is 13.2 Å². The van der Waals surface area contributed by atoms with Crippen molar-refractivity contribution in [2.24, 2.45) is 0 Å². The summed E-state index contributed by atoms with van der Waals surface area (Å²) in [6.45, 7) is 2.53. The smallest absolute Gasteiger partial charge is 0.229 e. The minimum absolute atomic E-state index is 0.167. The van der Waals surface area contributed by atoms with Crippen molar-refractivity contribution in [2.75, 3.05) is 16.3 Å². The summed E-state index contributed by atoms with van der Waals surface area (Å²) < 4.78 is 27.0. The van der Waals surface area contributed by atoms with Crippen LogP contribution in [0.25, 0.3) is 0 Å². The number of rotatable bonds is 7. The highest BCUT2D eigenvalue weighted by Crippen LogP contribution is 2.24. The number of hydrogen-bond acceptors (Lipinski definition) is 4. The molecule has 124 valence electrons. The number of nitrogens with one attached hydrogen (secondary N) is 2. The fraction of sp³-hybridized carbons (Fsp3) is 0.333. The zero-order valence-corrected chi connectivity index (χ0v) is 13.9. The molecule has 0 radical (unpaired) electrons. The maximum absolute atomic E-state index is 12.1. The zero-order valence-electron chi connectivity index (χ0n) is 13.1. The molecule has 1 aromatic carbocycles. The lowest BCUT2D eigenvalue weighted by molar-refractivity contribution is -0.116. The first-order valence-corrected chi connectivity index (χ1v) is 9.08. The number of hydrogen-bond donors (Lipinski definition) is 2. The van der Waals surface area contributed by atoms with Gasteiger partial charge in [0.2, 0.25) is 15.9 Å². The van der Waals surface area contributed by atoms with Gasteiger partial charge in [0.25, 0.3) is 0 Å². The number of carbonyl (C=O) groups is 1. The number of anilines is 2. The zero-order chi connectivity index (χ0) is 16.9. The van der Waals surface area contributed by atoms with Gasteiger partial charge in [0, 0.05) is 25.4 Å². The Hall–Kier alpha value is -2.35. The minimum Gasteiger partial charge on any atom is -0.324 e. The van der Waals surface area contributed by atoms with Gasteiger partial charge < -0.3 is 5.32 Å². The lowest BCUT2D eigenvalue weighted by Crippen LogP contribution is -2.16. The van der Waals surface area contributed by atoms with Gasteiger partial charge in [-0.3, -0.25) is 14.2 Å². The van der Waals surface area contributed by atoms with E-state index in [0.717, 1.165) is 11.8 Å². The van der Waals surface area contributed by atoms with Gasteiger partial charge in [0.1, 0.15) is 0 Å². The van der Waals surface area contributed by atoms with Gasteiger partial charge in [0.15, 0.2) is 0 Å². The first-order valence-electron chi connectivity index (χ1n) is 7.19. The maximum atomic E-state index is 12.1. The lowest BCUT2D eigenvalue weighted by Gasteiger charge is -2.13. The average Bonchev–Trinajstić information content (AvgIpc) is 2.94. The molecule has 0 unspecified atom stereocenters. The van der Waals surface area contributed by atoms with E-state index in [1.165, 1.54) is 0 Å². The Kier molecular flexibility index (Phi) is 5.38. The van der Waals surface area contributed by atoms with Crippen molar-refractivity contribution >= 4 is 27.3 Å². The molecule has 1 amide bonds. The van der Waals surface area contributed by atoms with Crippen molar-refractivity contribution < 1.29 is 13.2 Å². The summed E-state index contributed by atoms with van der Waals surface area (Å²) in [5.41, 5.74) is 1.74. The van der Waals surface area contributed by atoms with E-state index in [4.69, 9.17) is 0 Å². The SMILES string of the molecule is Cc1ccc(NS(C)(=O)=O)c(NC(=O)CCCn2cccn2)c1. The minimum atomic E-state index is -3.41. The highest BCUT2D eigenvalue weighted by molar-refractivity contribution is 7.92. The predicted molar refractivity (Wildman–Crippen MR) is 89.7 cm³/mol. The Morgan fingerprint density at radius 2 is 2.09 bits per heavy atom. The standard InChI is InChI=1S/C15H20N4O3S/c1-12-6-7-13(18-23(2,21)22)14(11-12)17-15(20)5-3-9-19-10-4-8-16-19/h4,6-8,10-11,18H,3,5,9H2,1-2H3,(H,17,20). The topological polar surface area (TPSA) is 93.1 Å². The highest BCUT2D eigenvalue weighted by atomic mass is 32.2. The van der Waals surface area contributed by atoms with Crippen molar-refractivity contribution in [3.05, 3.63) is 42.2 Å². The predicted octanol–water partition coefficient (Wildman–Crippen LogP) is 1.98. The summed E-state index contributed by atoms with van der Waals surface area (Å²) in [7, 11) is -3.41. The van der Waals surface area contributed by atoms with Gasteiger partial charge in [-0.2, -0.15) is 5.10 Å². The Balaban J connectivity index is 1.97. The monoisotopic (exact) mass is 336 g/mol. The second kappa shape index (κ2) is 7.28. The number of nitrogens with zero attached hydrogens (tertiary/aromatic N) is 2. The molecule has 0 aliphatic rings. The van der Waals surface area contributed by atoms with Crippen molar-refractivity contribution in [2.45, 2.75) is 26.3 Å². The second-order valence-corrected chi connectivity index (χ2v) is 7.09. The number of benzene rings is 1. The molecule has 23 heavy (non-hydrogen) atoms. The first-order chi connectivity index (χ1) is 10.8. The van der Waals surface area contributed by atoms with Crippen LogP contribution in [0.1, 0.15) is 18.4 Å². The molecule has 0 aliphatic heterocycles. The first kappa shape index (κ1) is 17.0. The second-order valence-electron chi connectivity index (χ2n) is 5.34. The molecule has 2 rings (SSSR count). The molecule has 7 nitrogen and oxygen atoms in total. The normalized spacial score (nSPS) is 11.2. The average molecular weight is 336 g/mol. The molecule has 0 spiro atoms. The number of amides is 1. The molecule has 0 atom stereocenters. The third kappa shape index (κ3) is 5.74. The number of carbonyl (C=O) groups excluding carboxylic acids is 1. The van der Waals surface area contributed by atoms with Crippen LogP contribution in [0.2, 0.25) is 0 Å². The van der Waals surface area contributed by atoms with E-state index in [0.29, 0.717) is 30.8 Å². The molecule has 0 saturated heterocycles. The number of aryl methyl sites for hydroxylation is 2. The molecule has 1 heterocycles. The third-order valence-electron chi connectivity index (χ3n) is 3.09. The Bertz CT molecular complexity index is 770. The van der Waals surface area contributed by atoms with Crippen molar-refractivity contribution in [3.8, 4) is 0 Å². The van der Waals surface area contributed by atoms with E-state index < -0.39 is 10.0 Å². The Labute approximate surface area is 135 Å². The molecule has 8 heteroatoms. The lowest BCUT2D eigenvalue weighted by atomic mass is 10.2. The molecule has 1 aromatic heterocycles. The quantitative estimate of drug-likeness (QED) is 0.808. The van der Waals surface area contributed by atoms with Gasteiger partial charge in [-0.05, 0) is 37.1 Å². The summed E-state index contributed by atoms with van der Waals surface area (Å²) in [5.74, 6) is -0.167. The summed E-state index contributed by atoms with van der Waals surface area (Å²) in [5, 5.41) is 6.83. The van der Waals surface area contributed by atoms with Gasteiger partial charge in [0.05, 0.1) is 17.6 Å². The number of aromatic nitrogens is 2. The maximum Gasteiger partial charge on any atom is 0.229 e. The summed E-state index contributed by atoms with van der Waals surface area (Å²) in [4.78, 5) is 12.1. The van der Waals surface area contributed by atoms with Gasteiger partial charge in [-0.15, -0.1) is 0 Å². The van der Waals surface area contributed by atoms with Crippen LogP contribution in [-0.4, -0.2) is 30.4 Å². The van der Waals surface area contributed by atoms with Crippen molar-refractivity contribution in [1.29, 1.82) is 0 Å². The van der Waals surface area contributed by atoms with Crippen LogP contribution < -0.4 is 10.0 Å². The van der Waals surface area contributed by atoms with Gasteiger partial charge >= 0.3 is 0 Å². The molecule has 0 saturated carbocycles. The van der Waals surface area contributed by atoms with Crippen molar-refractivity contribution in [1.82, 2.24) is 9.78 Å². The molecular weight excluding hydrogens is 316 g/mol. The van der Waals surface area contributed by atoms with E-state index >= 15 is 0 Å². The van der Waals surface area contributed by atoms with Gasteiger partial charge in [-0.25, -0.2) is 8.42 Å². The Morgan fingerprint density at radius 1 is 1.30 bits per heavy atom. The van der Waals surface area contributed by atoms with E-state index in [1.807, 2.05) is 19.2 Å². The van der Waals surface area contributed by atoms with Crippen LogP contribution >= 0.6 is 0 Å². The molecule has 0 bridgehead atoms.